The smallest absolute Gasteiger partial charge is 0.330 e. The van der Waals surface area contributed by atoms with Crippen LogP contribution in [0.5, 0.6) is 0 Å². The number of nitrogens with zero attached hydrogens (tertiary/aromatic N) is 3. The first kappa shape index (κ1) is 19.8. The quantitative estimate of drug-likeness (QED) is 0.393. The molecule has 134 valence electrons. The molecule has 8 nitrogen and oxygen atoms in total. The second-order valence-electron chi connectivity index (χ2n) is 4.81. The van der Waals surface area contributed by atoms with Crippen LogP contribution in [0, 0.1) is 0 Å². The third-order valence-corrected chi connectivity index (χ3v) is 3.13. The highest BCUT2D eigenvalue weighted by Gasteiger charge is 2.06. The van der Waals surface area contributed by atoms with Gasteiger partial charge in [-0.1, -0.05) is 30.4 Å². The van der Waals surface area contributed by atoms with Gasteiger partial charge in [-0.25, -0.2) is 14.5 Å². The van der Waals surface area contributed by atoms with E-state index in [1.54, 1.807) is 12.4 Å². The largest absolute Gasteiger partial charge is 0.466 e. The van der Waals surface area contributed by atoms with E-state index in [4.69, 9.17) is 31.5 Å². The van der Waals surface area contributed by atoms with Crippen molar-refractivity contribution in [2.75, 3.05) is 5.32 Å². The Balaban J connectivity index is 0.000000431. The van der Waals surface area contributed by atoms with Crippen molar-refractivity contribution in [3.8, 4) is 11.4 Å². The Morgan fingerprint density at radius 3 is 2.08 bits per heavy atom. The predicted octanol–water partition coefficient (Wildman–Crippen LogP) is 2.40. The molecule has 26 heavy (non-hydrogen) atoms. The van der Waals surface area contributed by atoms with Crippen LogP contribution >= 0.6 is 20.0 Å². The highest BCUT2D eigenvalue weighted by molar-refractivity contribution is 7.81. The molecule has 10 heteroatoms. The highest BCUT2D eigenvalue weighted by Crippen LogP contribution is 2.25. The van der Waals surface area contributed by atoms with Crippen LogP contribution in [0.15, 0.2) is 67.0 Å². The molecule has 0 aliphatic carbocycles. The summed E-state index contributed by atoms with van der Waals surface area (Å²) in [5.41, 5.74) is 2.30. The number of phosphoric acid groups is 1. The average Bonchev–Trinajstić information content (AvgIpc) is 2.62. The standard InChI is InChI=1S/C16H12N4S.H3O4P/c21-16(20-15-9-2-4-11-18-15)14-8-5-7-13(19-14)12-6-1-3-10-17-12;1-5(2,3)4/h1-11H,(H,18,20,21);(H3,1,2,3,4). The molecular weight excluding hydrogens is 375 g/mol. The van der Waals surface area contributed by atoms with Crippen molar-refractivity contribution in [3.63, 3.8) is 0 Å². The zero-order valence-corrected chi connectivity index (χ0v) is 15.0. The molecule has 0 saturated carbocycles. The van der Waals surface area contributed by atoms with Crippen molar-refractivity contribution in [1.82, 2.24) is 15.0 Å². The van der Waals surface area contributed by atoms with E-state index in [-0.39, 0.29) is 0 Å². The summed E-state index contributed by atoms with van der Waals surface area (Å²) in [7, 11) is -4.64. The maximum atomic E-state index is 8.88. The van der Waals surface area contributed by atoms with Gasteiger partial charge in [-0.2, -0.15) is 0 Å². The van der Waals surface area contributed by atoms with E-state index < -0.39 is 7.82 Å². The van der Waals surface area contributed by atoms with Crippen molar-refractivity contribution >= 4 is 30.8 Å². The molecule has 0 aliphatic heterocycles. The summed E-state index contributed by atoms with van der Waals surface area (Å²) < 4.78 is 8.88. The normalized spacial score (nSPS) is 10.4. The van der Waals surface area contributed by atoms with Crippen molar-refractivity contribution in [1.29, 1.82) is 0 Å². The lowest BCUT2D eigenvalue weighted by Gasteiger charge is -2.07. The predicted molar refractivity (Wildman–Crippen MR) is 101 cm³/mol. The molecule has 0 bridgehead atoms. The molecule has 0 fully saturated rings. The monoisotopic (exact) mass is 390 g/mol. The molecule has 0 saturated heterocycles. The van der Waals surface area contributed by atoms with Crippen LogP contribution in [-0.4, -0.2) is 34.6 Å². The van der Waals surface area contributed by atoms with Crippen LogP contribution in [0.1, 0.15) is 5.69 Å². The maximum absolute atomic E-state index is 8.88. The lowest BCUT2D eigenvalue weighted by molar-refractivity contribution is 0.275. The van der Waals surface area contributed by atoms with Gasteiger partial charge in [-0.15, -0.1) is 0 Å². The summed E-state index contributed by atoms with van der Waals surface area (Å²) >= 11 is 5.38. The van der Waals surface area contributed by atoms with Gasteiger partial charge in [0.25, 0.3) is 0 Å². The number of hydrogen-bond acceptors (Lipinski definition) is 5. The van der Waals surface area contributed by atoms with Gasteiger partial charge in [-0.05, 0) is 36.4 Å². The van der Waals surface area contributed by atoms with Crippen molar-refractivity contribution < 1.29 is 19.2 Å². The lowest BCUT2D eigenvalue weighted by atomic mass is 10.2. The second-order valence-corrected chi connectivity index (χ2v) is 6.24. The Morgan fingerprint density at radius 1 is 0.885 bits per heavy atom. The molecule has 0 atom stereocenters. The first-order chi connectivity index (χ1) is 12.3. The number of pyridine rings is 3. The molecule has 0 spiro atoms. The van der Waals surface area contributed by atoms with Gasteiger partial charge in [0.2, 0.25) is 0 Å². The van der Waals surface area contributed by atoms with E-state index in [2.05, 4.69) is 20.3 Å². The molecule has 3 aromatic rings. The fourth-order valence-corrected chi connectivity index (χ4v) is 2.05. The minimum atomic E-state index is -4.64. The van der Waals surface area contributed by atoms with E-state index in [0.717, 1.165) is 11.4 Å². The Bertz CT molecular complexity index is 898. The zero-order valence-electron chi connectivity index (χ0n) is 13.3. The Kier molecular flexibility index (Phi) is 7.02. The molecule has 3 heterocycles. The summed E-state index contributed by atoms with van der Waals surface area (Å²) in [6, 6.07) is 17.0. The summed E-state index contributed by atoms with van der Waals surface area (Å²) in [6.07, 6.45) is 3.46. The van der Waals surface area contributed by atoms with E-state index in [9.17, 15) is 0 Å². The third kappa shape index (κ3) is 7.14. The van der Waals surface area contributed by atoms with Crippen LogP contribution in [0.2, 0.25) is 0 Å². The van der Waals surface area contributed by atoms with Crippen LogP contribution in [-0.2, 0) is 4.57 Å². The number of rotatable bonds is 3. The topological polar surface area (TPSA) is 128 Å². The van der Waals surface area contributed by atoms with Gasteiger partial charge >= 0.3 is 7.82 Å². The first-order valence-electron chi connectivity index (χ1n) is 7.22. The summed E-state index contributed by atoms with van der Waals surface area (Å²) in [6.45, 7) is 0. The molecule has 3 aromatic heterocycles. The van der Waals surface area contributed by atoms with Gasteiger partial charge in [0.15, 0.2) is 0 Å². The fraction of sp³-hybridized carbons (Fsp3) is 0. The number of hydrogen-bond donors (Lipinski definition) is 4. The van der Waals surface area contributed by atoms with Crippen LogP contribution < -0.4 is 5.32 Å². The van der Waals surface area contributed by atoms with E-state index in [0.29, 0.717) is 16.5 Å². The van der Waals surface area contributed by atoms with Crippen LogP contribution in [0.4, 0.5) is 5.82 Å². The van der Waals surface area contributed by atoms with Crippen LogP contribution in [0.25, 0.3) is 11.4 Å². The Labute approximate surface area is 154 Å². The van der Waals surface area contributed by atoms with Crippen molar-refractivity contribution in [2.45, 2.75) is 0 Å². The van der Waals surface area contributed by atoms with Crippen LogP contribution in [0.3, 0.4) is 0 Å². The van der Waals surface area contributed by atoms with Gasteiger partial charge in [0, 0.05) is 12.4 Å². The molecule has 0 amide bonds. The number of aromatic nitrogens is 3. The van der Waals surface area contributed by atoms with Gasteiger partial charge < -0.3 is 20.0 Å². The molecular formula is C16H15N4O4PS. The number of nitrogens with one attached hydrogen (secondary N) is 1. The number of thiocarbonyl (C=S) groups is 1. The minimum Gasteiger partial charge on any atom is -0.330 e. The number of anilines is 1. The van der Waals surface area contributed by atoms with Gasteiger partial charge in [-0.3, -0.25) is 4.98 Å². The Hall–Kier alpha value is -2.55. The molecule has 0 radical (unpaired) electrons. The van der Waals surface area contributed by atoms with E-state index >= 15 is 0 Å². The summed E-state index contributed by atoms with van der Waals surface area (Å²) in [5.74, 6) is 0.701. The highest BCUT2D eigenvalue weighted by atomic mass is 32.1. The lowest BCUT2D eigenvalue weighted by Crippen LogP contribution is -2.13. The van der Waals surface area contributed by atoms with Gasteiger partial charge in [0.05, 0.1) is 17.1 Å². The summed E-state index contributed by atoms with van der Waals surface area (Å²) in [4.78, 5) is 35.1. The Morgan fingerprint density at radius 2 is 1.50 bits per heavy atom. The molecule has 0 unspecified atom stereocenters. The molecule has 4 N–H and O–H groups in total. The van der Waals surface area contributed by atoms with Crippen molar-refractivity contribution in [3.05, 3.63) is 72.7 Å². The second kappa shape index (κ2) is 9.23. The van der Waals surface area contributed by atoms with E-state index in [1.807, 2.05) is 54.6 Å². The van der Waals surface area contributed by atoms with Crippen molar-refractivity contribution in [2.24, 2.45) is 0 Å². The first-order valence-corrected chi connectivity index (χ1v) is 9.19. The zero-order chi connectivity index (χ0) is 19.0. The maximum Gasteiger partial charge on any atom is 0.466 e. The molecule has 3 rings (SSSR count). The fourth-order valence-electron chi connectivity index (χ4n) is 1.84. The minimum absolute atomic E-state index is 0.534. The molecule has 0 aliphatic rings. The average molecular weight is 390 g/mol. The third-order valence-electron chi connectivity index (χ3n) is 2.82. The van der Waals surface area contributed by atoms with Gasteiger partial charge in [0.1, 0.15) is 10.8 Å². The molecule has 0 aromatic carbocycles. The van der Waals surface area contributed by atoms with E-state index in [1.165, 1.54) is 0 Å². The SMILES string of the molecule is O=P(O)(O)O.S=C(Nc1ccccn1)c1cccc(-c2ccccn2)n1. The summed E-state index contributed by atoms with van der Waals surface area (Å²) in [5, 5.41) is 3.07.